The summed E-state index contributed by atoms with van der Waals surface area (Å²) in [6.07, 6.45) is 2.02. The van der Waals surface area contributed by atoms with Crippen LogP contribution in [-0.2, 0) is 17.8 Å². The third-order valence-corrected chi connectivity index (χ3v) is 4.72. The van der Waals surface area contributed by atoms with Gasteiger partial charge in [0.15, 0.2) is 0 Å². The second kappa shape index (κ2) is 7.46. The molecular weight excluding hydrogens is 334 g/mol. The molecule has 1 N–H and O–H groups in total. The summed E-state index contributed by atoms with van der Waals surface area (Å²) in [5, 5.41) is 6.56. The maximum atomic E-state index is 12.0. The monoisotopic (exact) mass is 355 g/mol. The molecule has 27 heavy (non-hydrogen) atoms. The van der Waals surface area contributed by atoms with Crippen LogP contribution in [0.1, 0.15) is 18.1 Å². The van der Waals surface area contributed by atoms with Crippen LogP contribution in [-0.4, -0.2) is 16.7 Å². The van der Waals surface area contributed by atoms with Gasteiger partial charge in [0.05, 0.1) is 12.6 Å². The third kappa shape index (κ3) is 3.47. The Labute approximate surface area is 158 Å². The fourth-order valence-corrected chi connectivity index (χ4v) is 3.49. The zero-order valence-electron chi connectivity index (χ0n) is 15.2. The highest BCUT2D eigenvalue weighted by Gasteiger charge is 2.09. The van der Waals surface area contributed by atoms with Crippen molar-refractivity contribution in [1.82, 2.24) is 9.99 Å². The van der Waals surface area contributed by atoms with Gasteiger partial charge in [-0.25, -0.2) is 5.43 Å². The summed E-state index contributed by atoms with van der Waals surface area (Å²) in [5.74, 6) is -0.124. The molecule has 0 unspecified atom stereocenters. The molecule has 4 nitrogen and oxygen atoms in total. The molecule has 0 saturated carbocycles. The number of benzene rings is 3. The van der Waals surface area contributed by atoms with E-state index in [1.807, 2.05) is 36.4 Å². The maximum absolute atomic E-state index is 12.0. The number of hydrazone groups is 1. The van der Waals surface area contributed by atoms with Gasteiger partial charge in [-0.2, -0.15) is 5.10 Å². The fraction of sp³-hybridized carbons (Fsp3) is 0.130. The van der Waals surface area contributed by atoms with Gasteiger partial charge in [0.25, 0.3) is 0 Å². The Morgan fingerprint density at radius 3 is 2.52 bits per heavy atom. The van der Waals surface area contributed by atoms with Crippen LogP contribution < -0.4 is 5.43 Å². The highest BCUT2D eigenvalue weighted by atomic mass is 16.2. The highest BCUT2D eigenvalue weighted by molar-refractivity contribution is 6.09. The van der Waals surface area contributed by atoms with Gasteiger partial charge < -0.3 is 4.57 Å². The standard InChI is InChI=1S/C23H21N3O/c1-2-26-21-11-7-6-10-19(21)20-14-18(12-13-22(20)26)16-24-25-23(27)15-17-8-4-3-5-9-17/h3-14,16H,2,15H2,1H3,(H,25,27)/b24-16+. The topological polar surface area (TPSA) is 46.4 Å². The lowest BCUT2D eigenvalue weighted by Gasteiger charge is -2.03. The van der Waals surface area contributed by atoms with Gasteiger partial charge in [0.2, 0.25) is 5.91 Å². The van der Waals surface area contributed by atoms with Crippen LogP contribution in [0.2, 0.25) is 0 Å². The summed E-state index contributed by atoms with van der Waals surface area (Å²) in [6, 6.07) is 24.3. The van der Waals surface area contributed by atoms with Gasteiger partial charge >= 0.3 is 0 Å². The summed E-state index contributed by atoms with van der Waals surface area (Å²) in [5.41, 5.74) is 6.99. The van der Waals surface area contributed by atoms with Gasteiger partial charge in [-0.1, -0.05) is 54.6 Å². The first kappa shape index (κ1) is 17.0. The minimum atomic E-state index is -0.124. The summed E-state index contributed by atoms with van der Waals surface area (Å²) < 4.78 is 2.31. The number of para-hydroxylation sites is 1. The Balaban J connectivity index is 1.55. The molecule has 0 spiro atoms. The largest absolute Gasteiger partial charge is 0.341 e. The van der Waals surface area contributed by atoms with Gasteiger partial charge in [0.1, 0.15) is 0 Å². The number of aromatic nitrogens is 1. The minimum absolute atomic E-state index is 0.124. The second-order valence-corrected chi connectivity index (χ2v) is 6.49. The molecule has 0 aliphatic rings. The maximum Gasteiger partial charge on any atom is 0.244 e. The first-order valence-corrected chi connectivity index (χ1v) is 9.13. The van der Waals surface area contributed by atoms with E-state index in [0.717, 1.165) is 17.7 Å². The highest BCUT2D eigenvalue weighted by Crippen LogP contribution is 2.29. The Hall–Kier alpha value is -3.40. The van der Waals surface area contributed by atoms with E-state index in [-0.39, 0.29) is 5.91 Å². The number of carbonyl (C=O) groups is 1. The second-order valence-electron chi connectivity index (χ2n) is 6.49. The summed E-state index contributed by atoms with van der Waals surface area (Å²) >= 11 is 0. The summed E-state index contributed by atoms with van der Waals surface area (Å²) in [6.45, 7) is 3.08. The van der Waals surface area contributed by atoms with Crippen molar-refractivity contribution in [3.63, 3.8) is 0 Å². The van der Waals surface area contributed by atoms with Crippen LogP contribution in [0.3, 0.4) is 0 Å². The van der Waals surface area contributed by atoms with E-state index < -0.39 is 0 Å². The van der Waals surface area contributed by atoms with Crippen molar-refractivity contribution >= 4 is 33.9 Å². The van der Waals surface area contributed by atoms with Gasteiger partial charge in [0, 0.05) is 28.4 Å². The number of nitrogens with zero attached hydrogens (tertiary/aromatic N) is 2. The fourth-order valence-electron chi connectivity index (χ4n) is 3.49. The number of fused-ring (bicyclic) bond motifs is 3. The van der Waals surface area contributed by atoms with E-state index >= 15 is 0 Å². The minimum Gasteiger partial charge on any atom is -0.341 e. The third-order valence-electron chi connectivity index (χ3n) is 4.72. The van der Waals surface area contributed by atoms with Crippen molar-refractivity contribution in [2.24, 2.45) is 5.10 Å². The van der Waals surface area contributed by atoms with Gasteiger partial charge in [-0.05, 0) is 36.2 Å². The van der Waals surface area contributed by atoms with Crippen molar-refractivity contribution in [2.45, 2.75) is 19.9 Å². The molecule has 0 bridgehead atoms. The van der Waals surface area contributed by atoms with Crippen molar-refractivity contribution in [3.8, 4) is 0 Å². The van der Waals surface area contributed by atoms with E-state index in [9.17, 15) is 4.79 Å². The van der Waals surface area contributed by atoms with Crippen molar-refractivity contribution in [3.05, 3.63) is 83.9 Å². The molecular formula is C23H21N3O. The smallest absolute Gasteiger partial charge is 0.244 e. The van der Waals surface area contributed by atoms with Gasteiger partial charge in [-0.3, -0.25) is 4.79 Å². The Bertz CT molecular complexity index is 1130. The molecule has 4 aromatic rings. The van der Waals surface area contributed by atoms with Gasteiger partial charge in [-0.15, -0.1) is 0 Å². The van der Waals surface area contributed by atoms with Crippen LogP contribution in [0, 0.1) is 0 Å². The number of hydrogen-bond acceptors (Lipinski definition) is 2. The molecule has 1 aromatic heterocycles. The molecule has 0 fully saturated rings. The Kier molecular flexibility index (Phi) is 4.71. The van der Waals surface area contributed by atoms with Crippen LogP contribution in [0.15, 0.2) is 77.9 Å². The number of hydrogen-bond donors (Lipinski definition) is 1. The molecule has 0 aliphatic carbocycles. The lowest BCUT2D eigenvalue weighted by Crippen LogP contribution is -2.19. The first-order valence-electron chi connectivity index (χ1n) is 9.13. The van der Waals surface area contributed by atoms with Crippen LogP contribution >= 0.6 is 0 Å². The average Bonchev–Trinajstić information content (AvgIpc) is 3.02. The number of rotatable bonds is 5. The molecule has 1 amide bonds. The van der Waals surface area contributed by atoms with E-state index in [4.69, 9.17) is 0 Å². The Morgan fingerprint density at radius 1 is 0.963 bits per heavy atom. The van der Waals surface area contributed by atoms with Crippen LogP contribution in [0.4, 0.5) is 0 Å². The predicted molar refractivity (Wildman–Crippen MR) is 111 cm³/mol. The molecule has 1 heterocycles. The first-order chi connectivity index (χ1) is 13.3. The number of aryl methyl sites for hydroxylation is 1. The summed E-state index contributed by atoms with van der Waals surface area (Å²) in [7, 11) is 0. The predicted octanol–water partition coefficient (Wildman–Crippen LogP) is 4.51. The van der Waals surface area contributed by atoms with E-state index in [2.05, 4.69) is 58.4 Å². The molecule has 0 saturated heterocycles. The zero-order chi connectivity index (χ0) is 18.6. The lowest BCUT2D eigenvalue weighted by molar-refractivity contribution is -0.120. The Morgan fingerprint density at radius 2 is 1.70 bits per heavy atom. The molecule has 0 atom stereocenters. The average molecular weight is 355 g/mol. The normalized spacial score (nSPS) is 11.4. The molecule has 4 heteroatoms. The lowest BCUT2D eigenvalue weighted by atomic mass is 10.1. The van der Waals surface area contributed by atoms with Crippen molar-refractivity contribution in [2.75, 3.05) is 0 Å². The SMILES string of the molecule is CCn1c2ccccc2c2cc(/C=N/NC(=O)Cc3ccccc3)ccc21. The number of carbonyl (C=O) groups excluding carboxylic acids is 1. The molecule has 0 aliphatic heterocycles. The van der Waals surface area contributed by atoms with Crippen LogP contribution in [0.5, 0.6) is 0 Å². The van der Waals surface area contributed by atoms with Crippen molar-refractivity contribution < 1.29 is 4.79 Å². The van der Waals surface area contributed by atoms with E-state index in [1.54, 1.807) is 6.21 Å². The molecule has 0 radical (unpaired) electrons. The van der Waals surface area contributed by atoms with E-state index in [0.29, 0.717) is 6.42 Å². The quantitative estimate of drug-likeness (QED) is 0.416. The summed E-state index contributed by atoms with van der Waals surface area (Å²) in [4.78, 5) is 12.0. The molecule has 4 rings (SSSR count). The number of amides is 1. The molecule has 134 valence electrons. The number of nitrogens with one attached hydrogen (secondary N) is 1. The van der Waals surface area contributed by atoms with E-state index in [1.165, 1.54) is 21.8 Å². The van der Waals surface area contributed by atoms with Crippen molar-refractivity contribution in [1.29, 1.82) is 0 Å². The zero-order valence-corrected chi connectivity index (χ0v) is 15.2. The van der Waals surface area contributed by atoms with Crippen LogP contribution in [0.25, 0.3) is 21.8 Å². The molecule has 3 aromatic carbocycles.